The Labute approximate surface area is 120 Å². The quantitative estimate of drug-likeness (QED) is 0.777. The number of benzene rings is 1. The number of anilines is 1. The molecule has 0 aromatic heterocycles. The fourth-order valence-corrected chi connectivity index (χ4v) is 2.09. The van der Waals surface area contributed by atoms with Gasteiger partial charge in [-0.15, -0.1) is 0 Å². The average molecular weight is 279 g/mol. The number of rotatable bonds is 6. The highest BCUT2D eigenvalue weighted by molar-refractivity contribution is 7.80. The third-order valence-electron chi connectivity index (χ3n) is 2.87. The molecule has 0 atom stereocenters. The second-order valence-electron chi connectivity index (χ2n) is 4.48. The first-order chi connectivity index (χ1) is 8.99. The summed E-state index contributed by atoms with van der Waals surface area (Å²) in [5, 5.41) is 2.64. The van der Waals surface area contributed by atoms with Crippen molar-refractivity contribution in [1.82, 2.24) is 5.32 Å². The number of hydrogen-bond acceptors (Lipinski definition) is 3. The molecule has 0 bridgehead atoms. The van der Waals surface area contributed by atoms with Gasteiger partial charge in [-0.25, -0.2) is 0 Å². The molecule has 1 aromatic rings. The van der Waals surface area contributed by atoms with Gasteiger partial charge in [0.1, 0.15) is 4.99 Å². The zero-order chi connectivity index (χ0) is 14.4. The third kappa shape index (κ3) is 4.21. The van der Waals surface area contributed by atoms with E-state index in [1.807, 2.05) is 30.0 Å². The molecule has 0 aliphatic rings. The summed E-state index contributed by atoms with van der Waals surface area (Å²) in [6, 6.07) is 5.91. The van der Waals surface area contributed by atoms with Crippen LogP contribution in [-0.2, 0) is 4.79 Å². The van der Waals surface area contributed by atoms with Crippen molar-refractivity contribution in [2.75, 3.05) is 25.0 Å². The van der Waals surface area contributed by atoms with Crippen molar-refractivity contribution in [3.8, 4) is 0 Å². The van der Waals surface area contributed by atoms with E-state index in [9.17, 15) is 4.79 Å². The minimum Gasteiger partial charge on any atom is -0.389 e. The molecule has 0 aliphatic carbocycles. The summed E-state index contributed by atoms with van der Waals surface area (Å²) >= 11 is 5.09. The van der Waals surface area contributed by atoms with Crippen LogP contribution in [0.2, 0.25) is 0 Å². The largest absolute Gasteiger partial charge is 0.389 e. The summed E-state index contributed by atoms with van der Waals surface area (Å²) in [6.45, 7) is 5.18. The Morgan fingerprint density at radius 2 is 2.16 bits per heavy atom. The first kappa shape index (κ1) is 15.4. The number of aryl methyl sites for hydroxylation is 1. The van der Waals surface area contributed by atoms with E-state index in [4.69, 9.17) is 18.0 Å². The molecule has 0 saturated heterocycles. The maximum absolute atomic E-state index is 11.6. The maximum atomic E-state index is 11.6. The van der Waals surface area contributed by atoms with Crippen molar-refractivity contribution < 1.29 is 4.79 Å². The van der Waals surface area contributed by atoms with Crippen molar-refractivity contribution in [3.05, 3.63) is 29.3 Å². The summed E-state index contributed by atoms with van der Waals surface area (Å²) < 4.78 is 0. The van der Waals surface area contributed by atoms with Crippen LogP contribution in [0.3, 0.4) is 0 Å². The molecular weight excluding hydrogens is 258 g/mol. The molecule has 1 aromatic carbocycles. The normalized spacial score (nSPS) is 10.1. The molecular formula is C14H21N3OS. The molecule has 3 N–H and O–H groups in total. The van der Waals surface area contributed by atoms with E-state index in [2.05, 4.69) is 12.2 Å². The van der Waals surface area contributed by atoms with Gasteiger partial charge in [0.2, 0.25) is 5.91 Å². The summed E-state index contributed by atoms with van der Waals surface area (Å²) in [5.74, 6) is -0.0242. The van der Waals surface area contributed by atoms with E-state index in [-0.39, 0.29) is 5.91 Å². The molecule has 19 heavy (non-hydrogen) atoms. The number of nitrogens with one attached hydrogen (secondary N) is 1. The Kier molecular flexibility index (Phi) is 5.76. The van der Waals surface area contributed by atoms with Crippen molar-refractivity contribution in [3.63, 3.8) is 0 Å². The highest BCUT2D eigenvalue weighted by Crippen LogP contribution is 2.22. The number of likely N-dealkylation sites (N-methyl/N-ethyl adjacent to an activating group) is 1. The smallest absolute Gasteiger partial charge is 0.239 e. The van der Waals surface area contributed by atoms with Crippen molar-refractivity contribution in [2.24, 2.45) is 5.73 Å². The van der Waals surface area contributed by atoms with Gasteiger partial charge in [0.15, 0.2) is 0 Å². The molecule has 0 heterocycles. The number of hydrogen-bond donors (Lipinski definition) is 2. The van der Waals surface area contributed by atoms with Gasteiger partial charge in [-0.05, 0) is 31.0 Å². The summed E-state index contributed by atoms with van der Waals surface area (Å²) in [4.78, 5) is 14.0. The molecule has 0 spiro atoms. The monoisotopic (exact) mass is 279 g/mol. The minimum atomic E-state index is -0.0242. The molecule has 104 valence electrons. The minimum absolute atomic E-state index is 0.0242. The third-order valence-corrected chi connectivity index (χ3v) is 3.09. The first-order valence-electron chi connectivity index (χ1n) is 6.35. The van der Waals surface area contributed by atoms with Crippen LogP contribution < -0.4 is 16.0 Å². The lowest BCUT2D eigenvalue weighted by atomic mass is 10.1. The van der Waals surface area contributed by atoms with Crippen molar-refractivity contribution in [2.45, 2.75) is 20.3 Å². The van der Waals surface area contributed by atoms with Gasteiger partial charge < -0.3 is 16.0 Å². The molecule has 0 aliphatic heterocycles. The lowest BCUT2D eigenvalue weighted by Gasteiger charge is -2.26. The van der Waals surface area contributed by atoms with Gasteiger partial charge in [0.05, 0.1) is 6.54 Å². The lowest BCUT2D eigenvalue weighted by molar-refractivity contribution is -0.119. The summed E-state index contributed by atoms with van der Waals surface area (Å²) in [7, 11) is 1.64. The molecule has 0 fully saturated rings. The molecule has 1 amide bonds. The molecule has 4 nitrogen and oxygen atoms in total. The molecule has 1 rings (SSSR count). The fraction of sp³-hybridized carbons (Fsp3) is 0.429. The second-order valence-corrected chi connectivity index (χ2v) is 4.92. The second kappa shape index (κ2) is 7.09. The van der Waals surface area contributed by atoms with Gasteiger partial charge in [0.25, 0.3) is 0 Å². The van der Waals surface area contributed by atoms with Gasteiger partial charge >= 0.3 is 0 Å². The van der Waals surface area contributed by atoms with Gasteiger partial charge in [-0.3, -0.25) is 4.79 Å². The Balaban J connectivity index is 3.16. The number of nitrogens with two attached hydrogens (primary N) is 1. The van der Waals surface area contributed by atoms with E-state index in [1.54, 1.807) is 7.05 Å². The number of nitrogens with zero attached hydrogens (tertiary/aromatic N) is 1. The average Bonchev–Trinajstić information content (AvgIpc) is 2.37. The van der Waals surface area contributed by atoms with E-state index in [0.717, 1.165) is 29.8 Å². The highest BCUT2D eigenvalue weighted by Gasteiger charge is 2.15. The Morgan fingerprint density at radius 1 is 1.47 bits per heavy atom. The first-order valence-corrected chi connectivity index (χ1v) is 6.76. The van der Waals surface area contributed by atoms with Crippen molar-refractivity contribution in [1.29, 1.82) is 0 Å². The SMILES string of the molecule is CCCN(CC(=O)NC)c1cc(C)ccc1C(N)=S. The lowest BCUT2D eigenvalue weighted by Crippen LogP contribution is -2.37. The van der Waals surface area contributed by atoms with Crippen LogP contribution in [0.5, 0.6) is 0 Å². The predicted octanol–water partition coefficient (Wildman–Crippen LogP) is 1.59. The molecule has 5 heteroatoms. The summed E-state index contributed by atoms with van der Waals surface area (Å²) in [5.41, 5.74) is 8.63. The highest BCUT2D eigenvalue weighted by atomic mass is 32.1. The van der Waals surface area contributed by atoms with E-state index >= 15 is 0 Å². The zero-order valence-corrected chi connectivity index (χ0v) is 12.5. The van der Waals surface area contributed by atoms with E-state index < -0.39 is 0 Å². The zero-order valence-electron chi connectivity index (χ0n) is 11.7. The number of carbonyl (C=O) groups excluding carboxylic acids is 1. The molecule has 0 radical (unpaired) electrons. The Bertz CT molecular complexity index is 474. The van der Waals surface area contributed by atoms with Crippen LogP contribution in [0, 0.1) is 6.92 Å². The Hall–Kier alpha value is -1.62. The standard InChI is InChI=1S/C14H21N3OS/c1-4-7-17(9-13(18)16-3)12-8-10(2)5-6-11(12)14(15)19/h5-6,8H,4,7,9H2,1-3H3,(H2,15,19)(H,16,18). The molecule has 0 unspecified atom stereocenters. The topological polar surface area (TPSA) is 58.4 Å². The van der Waals surface area contributed by atoms with Gasteiger partial charge in [0, 0.05) is 24.8 Å². The summed E-state index contributed by atoms with van der Waals surface area (Å²) in [6.07, 6.45) is 0.946. The van der Waals surface area contributed by atoms with Gasteiger partial charge in [-0.1, -0.05) is 25.2 Å². The van der Waals surface area contributed by atoms with Crippen LogP contribution in [0.4, 0.5) is 5.69 Å². The van der Waals surface area contributed by atoms with Crippen LogP contribution in [-0.4, -0.2) is 31.0 Å². The number of amides is 1. The van der Waals surface area contributed by atoms with E-state index in [0.29, 0.717) is 11.5 Å². The van der Waals surface area contributed by atoms with Crippen LogP contribution in [0.1, 0.15) is 24.5 Å². The van der Waals surface area contributed by atoms with E-state index in [1.165, 1.54) is 0 Å². The fourth-order valence-electron chi connectivity index (χ4n) is 1.92. The van der Waals surface area contributed by atoms with Crippen LogP contribution in [0.15, 0.2) is 18.2 Å². The Morgan fingerprint density at radius 3 is 2.68 bits per heavy atom. The predicted molar refractivity (Wildman–Crippen MR) is 83.6 cm³/mol. The molecule has 0 saturated carbocycles. The van der Waals surface area contributed by atoms with Crippen LogP contribution in [0.25, 0.3) is 0 Å². The van der Waals surface area contributed by atoms with Crippen LogP contribution >= 0.6 is 12.2 Å². The number of thiocarbonyl (C=S) groups is 1. The van der Waals surface area contributed by atoms with Gasteiger partial charge in [-0.2, -0.15) is 0 Å². The number of carbonyl (C=O) groups is 1. The van der Waals surface area contributed by atoms with Crippen molar-refractivity contribution >= 4 is 28.8 Å². The maximum Gasteiger partial charge on any atom is 0.239 e.